The van der Waals surface area contributed by atoms with Crippen molar-refractivity contribution in [3.63, 3.8) is 0 Å². The summed E-state index contributed by atoms with van der Waals surface area (Å²) in [5, 5.41) is 8.94. The molecular weight excluding hydrogens is 609 g/mol. The molecule has 50 heavy (non-hydrogen) atoms. The van der Waals surface area contributed by atoms with E-state index in [1.165, 1.54) is 27.5 Å². The van der Waals surface area contributed by atoms with Gasteiger partial charge in [0, 0.05) is 32.3 Å². The summed E-state index contributed by atoms with van der Waals surface area (Å²) < 4.78 is 13.2. The first-order valence-corrected chi connectivity index (χ1v) is 17.0. The zero-order chi connectivity index (χ0) is 33.0. The van der Waals surface area contributed by atoms with E-state index in [4.69, 9.17) is 8.83 Å². The van der Waals surface area contributed by atoms with Crippen molar-refractivity contribution in [2.24, 2.45) is 0 Å². The Balaban J connectivity index is 1.13. The Morgan fingerprint density at radius 3 is 1.32 bits per heavy atom. The van der Waals surface area contributed by atoms with Crippen molar-refractivity contribution in [2.75, 3.05) is 0 Å². The zero-order valence-electron chi connectivity index (χ0n) is 27.1. The predicted molar refractivity (Wildman–Crippen MR) is 210 cm³/mol. The zero-order valence-corrected chi connectivity index (χ0v) is 27.1. The second kappa shape index (κ2) is 11.5. The molecule has 0 radical (unpaired) electrons. The maximum atomic E-state index is 6.74. The minimum absolute atomic E-state index is 0.868. The van der Waals surface area contributed by atoms with Gasteiger partial charge in [-0.1, -0.05) is 164 Å². The third-order valence-electron chi connectivity index (χ3n) is 9.93. The number of fused-ring (bicyclic) bond motifs is 11. The fourth-order valence-corrected chi connectivity index (χ4v) is 7.60. The van der Waals surface area contributed by atoms with Crippen molar-refractivity contribution < 1.29 is 8.83 Å². The molecule has 2 nitrogen and oxygen atoms in total. The minimum atomic E-state index is 0.868. The largest absolute Gasteiger partial charge is 0.455 e. The molecule has 8 aromatic carbocycles. The van der Waals surface area contributed by atoms with Gasteiger partial charge in [-0.25, -0.2) is 0 Å². The van der Waals surface area contributed by atoms with Gasteiger partial charge in [0.2, 0.25) is 0 Å². The van der Waals surface area contributed by atoms with Crippen LogP contribution in [-0.2, 0) is 0 Å². The van der Waals surface area contributed by atoms with Crippen molar-refractivity contribution in [2.45, 2.75) is 0 Å². The van der Waals surface area contributed by atoms with Crippen molar-refractivity contribution >= 4 is 65.4 Å². The third-order valence-corrected chi connectivity index (χ3v) is 9.93. The smallest absolute Gasteiger partial charge is 0.144 e. The number of furan rings is 2. The molecule has 0 atom stereocenters. The third kappa shape index (κ3) is 4.50. The lowest BCUT2D eigenvalue weighted by atomic mass is 9.94. The summed E-state index contributed by atoms with van der Waals surface area (Å²) in [5.74, 6) is 0. The molecule has 2 heterocycles. The number of rotatable bonds is 3. The SMILES string of the molecule is c1ccc(-c2ccccccc(-c3ccc(-c4ccc5c(c4)oc4c6ccccc6c6oc7ccccc7c6c54)cc3)c3ccccc23)cc1. The summed E-state index contributed by atoms with van der Waals surface area (Å²) in [4.78, 5) is 0. The normalized spacial score (nSPS) is 11.6. The molecule has 0 fully saturated rings. The van der Waals surface area contributed by atoms with Crippen molar-refractivity contribution in [1.29, 1.82) is 0 Å². The lowest BCUT2D eigenvalue weighted by Crippen LogP contribution is -1.84. The fraction of sp³-hybridized carbons (Fsp3) is 0. The molecule has 0 amide bonds. The first kappa shape index (κ1) is 28.4. The first-order chi connectivity index (χ1) is 24.8. The number of benzene rings is 7. The molecule has 0 saturated heterocycles. The number of hydrogen-bond donors (Lipinski definition) is 0. The Bertz CT molecular complexity index is 2960. The summed E-state index contributed by atoms with van der Waals surface area (Å²) in [7, 11) is 0. The van der Waals surface area contributed by atoms with E-state index >= 15 is 0 Å². The second-order valence-electron chi connectivity index (χ2n) is 12.8. The molecule has 0 unspecified atom stereocenters. The highest BCUT2D eigenvalue weighted by Gasteiger charge is 2.21. The molecule has 0 aliphatic rings. The molecular formula is C48H30O2. The van der Waals surface area contributed by atoms with Crippen LogP contribution in [0.1, 0.15) is 0 Å². The van der Waals surface area contributed by atoms with Crippen molar-refractivity contribution in [1.82, 2.24) is 0 Å². The minimum Gasteiger partial charge on any atom is -0.455 e. The highest BCUT2D eigenvalue weighted by molar-refractivity contribution is 6.34. The van der Waals surface area contributed by atoms with Crippen LogP contribution in [-0.4, -0.2) is 0 Å². The fourth-order valence-electron chi connectivity index (χ4n) is 7.60. The lowest BCUT2D eigenvalue weighted by molar-refractivity contribution is 0.668. The Morgan fingerprint density at radius 2 is 0.680 bits per heavy atom. The molecule has 234 valence electrons. The molecule has 0 N–H and O–H groups in total. The van der Waals surface area contributed by atoms with E-state index in [0.29, 0.717) is 0 Å². The van der Waals surface area contributed by atoms with E-state index in [1.54, 1.807) is 0 Å². The van der Waals surface area contributed by atoms with E-state index in [2.05, 4.69) is 170 Å². The van der Waals surface area contributed by atoms with Gasteiger partial charge in [-0.2, -0.15) is 0 Å². The first-order valence-electron chi connectivity index (χ1n) is 17.0. The quantitative estimate of drug-likeness (QED) is 0.192. The molecule has 10 aromatic rings. The van der Waals surface area contributed by atoms with Gasteiger partial charge in [0.1, 0.15) is 22.3 Å². The average Bonchev–Trinajstić information content (AvgIpc) is 3.76. The van der Waals surface area contributed by atoms with Gasteiger partial charge in [0.15, 0.2) is 0 Å². The van der Waals surface area contributed by atoms with E-state index in [1.807, 2.05) is 12.1 Å². The summed E-state index contributed by atoms with van der Waals surface area (Å²) in [6.45, 7) is 0. The van der Waals surface area contributed by atoms with Crippen LogP contribution in [0.2, 0.25) is 0 Å². The molecule has 0 spiro atoms. The molecule has 2 aromatic heterocycles. The van der Waals surface area contributed by atoms with E-state index in [9.17, 15) is 0 Å². The van der Waals surface area contributed by atoms with Crippen LogP contribution < -0.4 is 0 Å². The van der Waals surface area contributed by atoms with Crippen LogP contribution >= 0.6 is 0 Å². The van der Waals surface area contributed by atoms with Crippen LogP contribution in [0.5, 0.6) is 0 Å². The topological polar surface area (TPSA) is 26.3 Å². The van der Waals surface area contributed by atoms with E-state index in [-0.39, 0.29) is 0 Å². The summed E-state index contributed by atoms with van der Waals surface area (Å²) in [6, 6.07) is 64.3. The van der Waals surface area contributed by atoms with E-state index in [0.717, 1.165) is 71.3 Å². The number of para-hydroxylation sites is 1. The van der Waals surface area contributed by atoms with Crippen LogP contribution in [0.25, 0.3) is 98.8 Å². The van der Waals surface area contributed by atoms with Gasteiger partial charge < -0.3 is 8.83 Å². The van der Waals surface area contributed by atoms with Gasteiger partial charge in [0.25, 0.3) is 0 Å². The van der Waals surface area contributed by atoms with E-state index < -0.39 is 0 Å². The standard InChI is InChI=1S/C48H30O2/c1-2-7-17-36(38-19-9-8-18-37(38)35(16-6-1)32-14-4-3-5-15-32)33-26-24-31(25-27-33)34-28-29-42-44(30-34)50-48-40-21-11-10-20-39(40)47-45(46(42)48)41-22-12-13-23-43(41)49-47/h1-30H. The summed E-state index contributed by atoms with van der Waals surface area (Å²) in [6.07, 6.45) is 0. The van der Waals surface area contributed by atoms with Gasteiger partial charge in [-0.3, -0.25) is 0 Å². The Labute approximate surface area is 288 Å². The molecule has 0 bridgehead atoms. The van der Waals surface area contributed by atoms with Gasteiger partial charge in [0.05, 0.1) is 0 Å². The molecule has 10 rings (SSSR count). The highest BCUT2D eigenvalue weighted by Crippen LogP contribution is 2.45. The predicted octanol–water partition coefficient (Wildman–Crippen LogP) is 13.9. The maximum Gasteiger partial charge on any atom is 0.144 e. The van der Waals surface area contributed by atoms with Gasteiger partial charge in [-0.05, 0) is 62.4 Å². The van der Waals surface area contributed by atoms with Gasteiger partial charge >= 0.3 is 0 Å². The lowest BCUT2D eigenvalue weighted by Gasteiger charge is -2.10. The Hall–Kier alpha value is -6.64. The van der Waals surface area contributed by atoms with Crippen LogP contribution in [0.15, 0.2) is 191 Å². The van der Waals surface area contributed by atoms with Crippen LogP contribution in [0, 0.1) is 0 Å². The monoisotopic (exact) mass is 638 g/mol. The van der Waals surface area contributed by atoms with Crippen molar-refractivity contribution in [3.05, 3.63) is 182 Å². The maximum absolute atomic E-state index is 6.74. The number of hydrogen-bond acceptors (Lipinski definition) is 2. The molecule has 2 heteroatoms. The molecule has 0 aliphatic heterocycles. The van der Waals surface area contributed by atoms with Crippen molar-refractivity contribution in [3.8, 4) is 33.4 Å². The second-order valence-corrected chi connectivity index (χ2v) is 12.8. The highest BCUT2D eigenvalue weighted by atomic mass is 16.3. The Morgan fingerprint density at radius 1 is 0.260 bits per heavy atom. The summed E-state index contributed by atoms with van der Waals surface area (Å²) in [5.41, 5.74) is 10.5. The molecule has 0 saturated carbocycles. The Kier molecular flexibility index (Phi) is 6.53. The summed E-state index contributed by atoms with van der Waals surface area (Å²) >= 11 is 0. The molecule has 0 aliphatic carbocycles. The van der Waals surface area contributed by atoms with Crippen LogP contribution in [0.4, 0.5) is 0 Å². The van der Waals surface area contributed by atoms with Crippen LogP contribution in [0.3, 0.4) is 0 Å². The average molecular weight is 639 g/mol. The van der Waals surface area contributed by atoms with Gasteiger partial charge in [-0.15, -0.1) is 0 Å².